The zero-order chi connectivity index (χ0) is 19.9. The third-order valence-electron chi connectivity index (χ3n) is 5.05. The normalized spacial score (nSPS) is 15.2. The molecule has 6 nitrogen and oxygen atoms in total. The Labute approximate surface area is 159 Å². The number of benzene rings is 2. The first-order chi connectivity index (χ1) is 12.7. The Kier molecular flexibility index (Phi) is 4.85. The summed E-state index contributed by atoms with van der Waals surface area (Å²) in [7, 11) is 0. The third kappa shape index (κ3) is 3.24. The molecule has 0 atom stereocenters. The highest BCUT2D eigenvalue weighted by Crippen LogP contribution is 2.46. The SMILES string of the molecule is C/C(N)=C1\COc2c(C)c(-c3ccc(C)cc3)c(CC(=O)O)c(C)c2N1N. The van der Waals surface area contributed by atoms with Crippen LogP contribution in [-0.4, -0.2) is 17.7 Å². The number of rotatable bonds is 3. The number of hydrogen-bond acceptors (Lipinski definition) is 5. The minimum absolute atomic E-state index is 0.0995. The fourth-order valence-corrected chi connectivity index (χ4v) is 3.62. The van der Waals surface area contributed by atoms with Gasteiger partial charge in [0.2, 0.25) is 0 Å². The number of anilines is 1. The number of aliphatic carboxylic acids is 1. The molecule has 0 bridgehead atoms. The van der Waals surface area contributed by atoms with Crippen molar-refractivity contribution in [1.29, 1.82) is 0 Å². The Hall–Kier alpha value is -2.99. The van der Waals surface area contributed by atoms with Crippen LogP contribution in [0.1, 0.15) is 29.2 Å². The molecule has 0 aliphatic carbocycles. The van der Waals surface area contributed by atoms with Crippen LogP contribution in [-0.2, 0) is 11.2 Å². The average Bonchev–Trinajstić information content (AvgIpc) is 2.60. The van der Waals surface area contributed by atoms with Crippen LogP contribution in [0.5, 0.6) is 5.75 Å². The molecule has 0 saturated carbocycles. The van der Waals surface area contributed by atoms with Gasteiger partial charge in [0.05, 0.1) is 12.1 Å². The number of allylic oxidation sites excluding steroid dienone is 1. The maximum absolute atomic E-state index is 11.6. The van der Waals surface area contributed by atoms with Gasteiger partial charge in [-0.1, -0.05) is 29.8 Å². The van der Waals surface area contributed by atoms with Crippen molar-refractivity contribution in [3.8, 4) is 16.9 Å². The lowest BCUT2D eigenvalue weighted by Crippen LogP contribution is -2.39. The van der Waals surface area contributed by atoms with Crippen LogP contribution < -0.4 is 21.3 Å². The van der Waals surface area contributed by atoms with E-state index in [4.69, 9.17) is 16.3 Å². The molecule has 1 aliphatic heterocycles. The molecule has 2 aromatic carbocycles. The molecule has 1 heterocycles. The zero-order valence-electron chi connectivity index (χ0n) is 16.1. The quantitative estimate of drug-likeness (QED) is 0.720. The van der Waals surface area contributed by atoms with Gasteiger partial charge in [0.15, 0.2) is 0 Å². The number of aryl methyl sites for hydroxylation is 1. The van der Waals surface area contributed by atoms with Gasteiger partial charge in [-0.25, -0.2) is 5.84 Å². The van der Waals surface area contributed by atoms with Gasteiger partial charge < -0.3 is 15.6 Å². The number of carbonyl (C=O) groups is 1. The highest BCUT2D eigenvalue weighted by Gasteiger charge is 2.30. The van der Waals surface area contributed by atoms with Crippen LogP contribution in [0.25, 0.3) is 11.1 Å². The highest BCUT2D eigenvalue weighted by molar-refractivity contribution is 5.87. The summed E-state index contributed by atoms with van der Waals surface area (Å²) in [4.78, 5) is 11.6. The molecule has 0 amide bonds. The van der Waals surface area contributed by atoms with Crippen LogP contribution in [0.4, 0.5) is 5.69 Å². The molecule has 0 fully saturated rings. The standard InChI is InChI=1S/C21H25N3O3/c1-11-5-7-15(8-6-11)19-13(3)21-20(12(2)16(19)9-18(25)26)24(23)17(10-27-21)14(4)22/h5-8H,9-10,22-23H2,1-4H3,(H,25,26)/b17-14-. The minimum Gasteiger partial charge on any atom is -0.485 e. The summed E-state index contributed by atoms with van der Waals surface area (Å²) in [6.45, 7) is 7.89. The average molecular weight is 367 g/mol. The number of nitrogens with zero attached hydrogens (tertiary/aromatic N) is 1. The van der Waals surface area contributed by atoms with Crippen LogP contribution in [0, 0.1) is 20.8 Å². The Morgan fingerprint density at radius 3 is 2.37 bits per heavy atom. The molecule has 0 radical (unpaired) electrons. The second-order valence-corrected chi connectivity index (χ2v) is 7.01. The summed E-state index contributed by atoms with van der Waals surface area (Å²) in [5.41, 5.74) is 13.2. The van der Waals surface area contributed by atoms with Crippen molar-refractivity contribution in [3.05, 3.63) is 57.9 Å². The molecule has 0 saturated heterocycles. The van der Waals surface area contributed by atoms with E-state index in [0.717, 1.165) is 33.4 Å². The van der Waals surface area contributed by atoms with E-state index in [1.807, 2.05) is 45.0 Å². The van der Waals surface area contributed by atoms with E-state index >= 15 is 0 Å². The van der Waals surface area contributed by atoms with Crippen molar-refractivity contribution in [2.45, 2.75) is 34.1 Å². The lowest BCUT2D eigenvalue weighted by Gasteiger charge is -2.35. The van der Waals surface area contributed by atoms with Gasteiger partial charge in [0, 0.05) is 11.3 Å². The fraction of sp³-hybridized carbons (Fsp3) is 0.286. The summed E-state index contributed by atoms with van der Waals surface area (Å²) in [5.74, 6) is 6.12. The first-order valence-electron chi connectivity index (χ1n) is 8.80. The van der Waals surface area contributed by atoms with Crippen molar-refractivity contribution in [1.82, 2.24) is 0 Å². The largest absolute Gasteiger partial charge is 0.485 e. The van der Waals surface area contributed by atoms with Gasteiger partial charge in [-0.05, 0) is 49.9 Å². The van der Waals surface area contributed by atoms with Crippen LogP contribution in [0.15, 0.2) is 35.7 Å². The second kappa shape index (κ2) is 6.96. The van der Waals surface area contributed by atoms with Gasteiger partial charge in [0.1, 0.15) is 18.0 Å². The molecule has 3 rings (SSSR count). The number of carboxylic acids is 1. The van der Waals surface area contributed by atoms with Crippen molar-refractivity contribution in [3.63, 3.8) is 0 Å². The maximum Gasteiger partial charge on any atom is 0.307 e. The fourth-order valence-electron chi connectivity index (χ4n) is 3.62. The van der Waals surface area contributed by atoms with Crippen molar-refractivity contribution in [2.24, 2.45) is 11.6 Å². The number of fused-ring (bicyclic) bond motifs is 1. The molecule has 5 N–H and O–H groups in total. The van der Waals surface area contributed by atoms with Crippen LogP contribution >= 0.6 is 0 Å². The lowest BCUT2D eigenvalue weighted by molar-refractivity contribution is -0.136. The molecule has 0 unspecified atom stereocenters. The molecule has 27 heavy (non-hydrogen) atoms. The van der Waals surface area contributed by atoms with E-state index in [9.17, 15) is 9.90 Å². The first kappa shape index (κ1) is 18.8. The first-order valence-corrected chi connectivity index (χ1v) is 8.80. The van der Waals surface area contributed by atoms with E-state index in [1.165, 1.54) is 5.01 Å². The van der Waals surface area contributed by atoms with Gasteiger partial charge in [-0.3, -0.25) is 9.80 Å². The third-order valence-corrected chi connectivity index (χ3v) is 5.05. The minimum atomic E-state index is -0.892. The maximum atomic E-state index is 11.6. The molecule has 0 spiro atoms. The summed E-state index contributed by atoms with van der Waals surface area (Å²) in [5, 5.41) is 11.0. The molecule has 6 heteroatoms. The zero-order valence-corrected chi connectivity index (χ0v) is 16.1. The van der Waals surface area contributed by atoms with Gasteiger partial charge >= 0.3 is 5.97 Å². The summed E-state index contributed by atoms with van der Waals surface area (Å²) < 4.78 is 6.02. The summed E-state index contributed by atoms with van der Waals surface area (Å²) in [6, 6.07) is 8.05. The van der Waals surface area contributed by atoms with E-state index in [2.05, 4.69) is 0 Å². The highest BCUT2D eigenvalue weighted by atomic mass is 16.5. The monoisotopic (exact) mass is 367 g/mol. The van der Waals surface area contributed by atoms with E-state index in [0.29, 0.717) is 22.8 Å². The second-order valence-electron chi connectivity index (χ2n) is 7.01. The van der Waals surface area contributed by atoms with Crippen molar-refractivity contribution >= 4 is 11.7 Å². The Balaban J connectivity index is 2.33. The van der Waals surface area contributed by atoms with E-state index in [1.54, 1.807) is 6.92 Å². The predicted octanol–water partition coefficient (Wildman–Crippen LogP) is 3.17. The number of hydrazine groups is 1. The number of carboxylic acid groups (broad SMARTS) is 1. The van der Waals surface area contributed by atoms with Gasteiger partial charge in [0.25, 0.3) is 0 Å². The van der Waals surface area contributed by atoms with Gasteiger partial charge in [-0.15, -0.1) is 0 Å². The molecule has 0 aromatic heterocycles. The molecule has 2 aromatic rings. The molecular weight excluding hydrogens is 342 g/mol. The van der Waals surface area contributed by atoms with E-state index in [-0.39, 0.29) is 13.0 Å². The summed E-state index contributed by atoms with van der Waals surface area (Å²) in [6.07, 6.45) is -0.0995. The van der Waals surface area contributed by atoms with Crippen molar-refractivity contribution < 1.29 is 14.6 Å². The summed E-state index contributed by atoms with van der Waals surface area (Å²) >= 11 is 0. The molecule has 142 valence electrons. The van der Waals surface area contributed by atoms with Crippen molar-refractivity contribution in [2.75, 3.05) is 11.6 Å². The van der Waals surface area contributed by atoms with E-state index < -0.39 is 5.97 Å². The van der Waals surface area contributed by atoms with Crippen LogP contribution in [0.2, 0.25) is 0 Å². The Morgan fingerprint density at radius 2 is 1.81 bits per heavy atom. The number of nitrogens with two attached hydrogens (primary N) is 2. The van der Waals surface area contributed by atoms with Gasteiger partial charge in [-0.2, -0.15) is 0 Å². The number of hydrogen-bond donors (Lipinski definition) is 3. The Bertz CT molecular complexity index is 942. The molecular formula is C21H25N3O3. The smallest absolute Gasteiger partial charge is 0.307 e. The number of ether oxygens (including phenoxy) is 1. The topological polar surface area (TPSA) is 102 Å². The lowest BCUT2D eigenvalue weighted by atomic mass is 9.87. The van der Waals surface area contributed by atoms with Crippen LogP contribution in [0.3, 0.4) is 0 Å². The predicted molar refractivity (Wildman–Crippen MR) is 106 cm³/mol. The molecule has 1 aliphatic rings. The Morgan fingerprint density at radius 1 is 1.19 bits per heavy atom.